The number of alkyl halides is 1. The number of nitro groups is 1. The van der Waals surface area contributed by atoms with Crippen LogP contribution in [0, 0.1) is 10.1 Å². The minimum Gasteiger partial charge on any atom is -0.490 e. The molecule has 0 fully saturated rings. The number of hydrogen-bond donors (Lipinski definition) is 1. The van der Waals surface area contributed by atoms with Crippen molar-refractivity contribution < 1.29 is 14.5 Å². The Morgan fingerprint density at radius 3 is 2.74 bits per heavy atom. The number of halogens is 1. The standard InChI is InChI=1S/C12H15ClN2O4/c1-3-9(7-13)14-12(16)8-4-5-11(19-2)10(6-8)15(17)18/h4-6,9H,3,7H2,1-2H3,(H,14,16). The number of hydrogen-bond acceptors (Lipinski definition) is 4. The fourth-order valence-corrected chi connectivity index (χ4v) is 1.79. The summed E-state index contributed by atoms with van der Waals surface area (Å²) >= 11 is 5.69. The van der Waals surface area contributed by atoms with Crippen LogP contribution in [-0.2, 0) is 0 Å². The van der Waals surface area contributed by atoms with E-state index in [1.807, 2.05) is 6.92 Å². The van der Waals surface area contributed by atoms with Crippen molar-refractivity contribution in [2.24, 2.45) is 0 Å². The highest BCUT2D eigenvalue weighted by molar-refractivity contribution is 6.18. The zero-order chi connectivity index (χ0) is 14.4. The van der Waals surface area contributed by atoms with E-state index < -0.39 is 10.8 Å². The molecule has 0 saturated carbocycles. The first-order valence-electron chi connectivity index (χ1n) is 5.72. The van der Waals surface area contributed by atoms with E-state index in [0.717, 1.165) is 0 Å². The lowest BCUT2D eigenvalue weighted by Gasteiger charge is -2.13. The van der Waals surface area contributed by atoms with Crippen LogP contribution in [0.25, 0.3) is 0 Å². The highest BCUT2D eigenvalue weighted by Crippen LogP contribution is 2.27. The molecule has 0 aromatic heterocycles. The van der Waals surface area contributed by atoms with Crippen molar-refractivity contribution in [3.8, 4) is 5.75 Å². The maximum atomic E-state index is 11.9. The molecule has 0 aliphatic rings. The molecule has 19 heavy (non-hydrogen) atoms. The van der Waals surface area contributed by atoms with Crippen LogP contribution < -0.4 is 10.1 Å². The molecule has 0 heterocycles. The van der Waals surface area contributed by atoms with Gasteiger partial charge >= 0.3 is 5.69 Å². The topological polar surface area (TPSA) is 81.5 Å². The van der Waals surface area contributed by atoms with Crippen LogP contribution in [0.1, 0.15) is 23.7 Å². The molecule has 1 atom stereocenters. The van der Waals surface area contributed by atoms with E-state index in [1.165, 1.54) is 25.3 Å². The summed E-state index contributed by atoms with van der Waals surface area (Å²) in [7, 11) is 1.34. The van der Waals surface area contributed by atoms with Gasteiger partial charge in [-0.05, 0) is 18.6 Å². The molecule has 0 aliphatic carbocycles. The van der Waals surface area contributed by atoms with E-state index in [0.29, 0.717) is 12.3 Å². The van der Waals surface area contributed by atoms with Gasteiger partial charge in [0.05, 0.1) is 12.0 Å². The number of carbonyl (C=O) groups is 1. The monoisotopic (exact) mass is 286 g/mol. The average molecular weight is 287 g/mol. The maximum absolute atomic E-state index is 11.9. The number of amides is 1. The molecule has 1 aromatic rings. The minimum absolute atomic E-state index is 0.117. The first-order valence-corrected chi connectivity index (χ1v) is 6.26. The van der Waals surface area contributed by atoms with Crippen LogP contribution in [-0.4, -0.2) is 29.9 Å². The lowest BCUT2D eigenvalue weighted by Crippen LogP contribution is -2.35. The average Bonchev–Trinajstić information content (AvgIpc) is 2.43. The fourth-order valence-electron chi connectivity index (χ4n) is 1.49. The normalized spacial score (nSPS) is 11.7. The summed E-state index contributed by atoms with van der Waals surface area (Å²) < 4.78 is 4.87. The number of rotatable bonds is 6. The summed E-state index contributed by atoms with van der Waals surface area (Å²) in [6.07, 6.45) is 0.688. The number of nitrogens with zero attached hydrogens (tertiary/aromatic N) is 1. The first-order chi connectivity index (χ1) is 9.03. The van der Waals surface area contributed by atoms with E-state index in [1.54, 1.807) is 0 Å². The Kier molecular flexibility index (Phi) is 5.57. The summed E-state index contributed by atoms with van der Waals surface area (Å²) in [6, 6.07) is 3.90. The summed E-state index contributed by atoms with van der Waals surface area (Å²) in [4.78, 5) is 22.2. The molecule has 0 aliphatic heterocycles. The van der Waals surface area contributed by atoms with Gasteiger partial charge in [0.1, 0.15) is 0 Å². The van der Waals surface area contributed by atoms with Gasteiger partial charge < -0.3 is 10.1 Å². The molecular weight excluding hydrogens is 272 g/mol. The number of benzene rings is 1. The predicted octanol–water partition coefficient (Wildman–Crippen LogP) is 2.35. The third-order valence-corrected chi connectivity index (χ3v) is 3.02. The minimum atomic E-state index is -0.589. The Bertz CT molecular complexity index is 475. The Labute approximate surface area is 115 Å². The van der Waals surface area contributed by atoms with E-state index in [-0.39, 0.29) is 23.0 Å². The maximum Gasteiger partial charge on any atom is 0.311 e. The molecule has 104 valence electrons. The van der Waals surface area contributed by atoms with Crippen LogP contribution in [0.5, 0.6) is 5.75 Å². The Morgan fingerprint density at radius 1 is 1.58 bits per heavy atom. The molecule has 1 unspecified atom stereocenters. The van der Waals surface area contributed by atoms with Gasteiger partial charge in [-0.3, -0.25) is 14.9 Å². The van der Waals surface area contributed by atoms with Crippen LogP contribution >= 0.6 is 11.6 Å². The van der Waals surface area contributed by atoms with Gasteiger partial charge in [0.25, 0.3) is 5.91 Å². The van der Waals surface area contributed by atoms with E-state index in [4.69, 9.17) is 16.3 Å². The fraction of sp³-hybridized carbons (Fsp3) is 0.417. The van der Waals surface area contributed by atoms with Crippen molar-refractivity contribution in [1.29, 1.82) is 0 Å². The second-order valence-corrected chi connectivity index (χ2v) is 4.19. The lowest BCUT2D eigenvalue weighted by molar-refractivity contribution is -0.385. The van der Waals surface area contributed by atoms with Crippen LogP contribution in [0.4, 0.5) is 5.69 Å². The van der Waals surface area contributed by atoms with Crippen molar-refractivity contribution in [3.63, 3.8) is 0 Å². The van der Waals surface area contributed by atoms with E-state index in [9.17, 15) is 14.9 Å². The van der Waals surface area contributed by atoms with Crippen molar-refractivity contribution in [2.45, 2.75) is 19.4 Å². The van der Waals surface area contributed by atoms with Crippen LogP contribution in [0.15, 0.2) is 18.2 Å². The van der Waals surface area contributed by atoms with Crippen molar-refractivity contribution in [1.82, 2.24) is 5.32 Å². The molecule has 0 bridgehead atoms. The second-order valence-electron chi connectivity index (χ2n) is 3.88. The summed E-state index contributed by atoms with van der Waals surface area (Å²) in [6.45, 7) is 1.89. The van der Waals surface area contributed by atoms with Gasteiger partial charge in [-0.2, -0.15) is 0 Å². The molecule has 0 radical (unpaired) electrons. The van der Waals surface area contributed by atoms with Crippen molar-refractivity contribution in [2.75, 3.05) is 13.0 Å². The predicted molar refractivity (Wildman–Crippen MR) is 71.9 cm³/mol. The Balaban J connectivity index is 2.98. The van der Waals surface area contributed by atoms with Gasteiger partial charge in [-0.15, -0.1) is 11.6 Å². The van der Waals surface area contributed by atoms with Gasteiger partial charge in [0.2, 0.25) is 0 Å². The quantitative estimate of drug-likeness (QED) is 0.494. The van der Waals surface area contributed by atoms with E-state index in [2.05, 4.69) is 5.32 Å². The van der Waals surface area contributed by atoms with Crippen molar-refractivity contribution in [3.05, 3.63) is 33.9 Å². The van der Waals surface area contributed by atoms with E-state index >= 15 is 0 Å². The summed E-state index contributed by atoms with van der Waals surface area (Å²) in [5, 5.41) is 13.6. The number of nitrogens with one attached hydrogen (secondary N) is 1. The molecule has 0 saturated heterocycles. The summed E-state index contributed by atoms with van der Waals surface area (Å²) in [5.41, 5.74) is -0.0369. The van der Waals surface area contributed by atoms with Gasteiger partial charge in [0, 0.05) is 23.6 Å². The molecular formula is C12H15ClN2O4. The highest BCUT2D eigenvalue weighted by atomic mass is 35.5. The molecule has 1 rings (SSSR count). The molecule has 1 aromatic carbocycles. The molecule has 1 N–H and O–H groups in total. The van der Waals surface area contributed by atoms with Crippen LogP contribution in [0.2, 0.25) is 0 Å². The number of methoxy groups -OCH3 is 1. The zero-order valence-corrected chi connectivity index (χ0v) is 11.4. The second kappa shape index (κ2) is 6.94. The summed E-state index contributed by atoms with van der Waals surface area (Å²) in [5.74, 6) is 0.0183. The largest absolute Gasteiger partial charge is 0.490 e. The molecule has 7 heteroatoms. The van der Waals surface area contributed by atoms with Gasteiger partial charge in [0.15, 0.2) is 5.75 Å². The molecule has 1 amide bonds. The number of carbonyl (C=O) groups excluding carboxylic acids is 1. The highest BCUT2D eigenvalue weighted by Gasteiger charge is 2.19. The third-order valence-electron chi connectivity index (χ3n) is 2.65. The zero-order valence-electron chi connectivity index (χ0n) is 10.7. The number of nitro benzene ring substituents is 1. The van der Waals surface area contributed by atoms with Crippen LogP contribution in [0.3, 0.4) is 0 Å². The third kappa shape index (κ3) is 3.82. The first kappa shape index (κ1) is 15.2. The van der Waals surface area contributed by atoms with Gasteiger partial charge in [-0.1, -0.05) is 6.92 Å². The SMILES string of the molecule is CCC(CCl)NC(=O)c1ccc(OC)c([N+](=O)[O-])c1. The Morgan fingerprint density at radius 2 is 2.26 bits per heavy atom. The molecule has 0 spiro atoms. The van der Waals surface area contributed by atoms with Crippen molar-refractivity contribution >= 4 is 23.2 Å². The number of ether oxygens (including phenoxy) is 1. The molecule has 6 nitrogen and oxygen atoms in total. The van der Waals surface area contributed by atoms with Gasteiger partial charge in [-0.25, -0.2) is 0 Å². The Hall–Kier alpha value is -1.82. The smallest absolute Gasteiger partial charge is 0.311 e. The lowest BCUT2D eigenvalue weighted by atomic mass is 10.1.